The number of nitrogens with one attached hydrogen (secondary N) is 2. The Morgan fingerprint density at radius 3 is 2.24 bits per heavy atom. The first kappa shape index (κ1) is 20.6. The van der Waals surface area contributed by atoms with Crippen LogP contribution in [0.25, 0.3) is 5.69 Å². The number of aryl methyl sites for hydroxylation is 1. The lowest BCUT2D eigenvalue weighted by atomic mass is 9.81. The minimum atomic E-state index is -0.344. The van der Waals surface area contributed by atoms with Gasteiger partial charge in [-0.15, -0.1) is 0 Å². The molecule has 0 bridgehead atoms. The Kier molecular flexibility index (Phi) is 5.18. The number of amides is 1. The second kappa shape index (κ2) is 8.31. The van der Waals surface area contributed by atoms with Crippen LogP contribution in [-0.2, 0) is 4.79 Å². The van der Waals surface area contributed by atoms with Crippen LogP contribution in [0, 0.1) is 6.92 Å². The number of phenols is 1. The number of phenolic OH excluding ortho intramolecular Hbond substituents is 1. The number of aromatic hydroxyl groups is 1. The number of fused-ring (bicyclic) bond motifs is 1. The molecule has 1 aromatic heterocycles. The minimum Gasteiger partial charge on any atom is -0.508 e. The number of rotatable bonds is 4. The van der Waals surface area contributed by atoms with Crippen molar-refractivity contribution < 1.29 is 9.90 Å². The van der Waals surface area contributed by atoms with Crippen LogP contribution in [0.5, 0.6) is 5.75 Å². The van der Waals surface area contributed by atoms with E-state index in [0.29, 0.717) is 5.57 Å². The van der Waals surface area contributed by atoms with E-state index in [4.69, 9.17) is 5.10 Å². The van der Waals surface area contributed by atoms with Gasteiger partial charge in [0.15, 0.2) is 0 Å². The molecule has 164 valence electrons. The molecule has 4 aromatic rings. The van der Waals surface area contributed by atoms with E-state index < -0.39 is 0 Å². The molecule has 0 unspecified atom stereocenters. The molecule has 0 aliphatic carbocycles. The van der Waals surface area contributed by atoms with Crippen LogP contribution in [0.2, 0.25) is 0 Å². The van der Waals surface area contributed by atoms with Gasteiger partial charge in [-0.1, -0.05) is 48.5 Å². The van der Waals surface area contributed by atoms with Gasteiger partial charge in [0.2, 0.25) is 0 Å². The number of anilines is 2. The first-order valence-corrected chi connectivity index (χ1v) is 10.8. The smallest absolute Gasteiger partial charge is 0.254 e. The van der Waals surface area contributed by atoms with E-state index in [9.17, 15) is 9.90 Å². The highest BCUT2D eigenvalue weighted by molar-refractivity contribution is 6.07. The SMILES string of the molecule is CC1=C(C(=O)Nc2ccccc2)[C@@H](c2ccc(O)cc2)c2c(C)nn(-c3ccccc3)c2N1. The second-order valence-corrected chi connectivity index (χ2v) is 8.10. The predicted octanol–water partition coefficient (Wildman–Crippen LogP) is 5.36. The van der Waals surface area contributed by atoms with E-state index in [0.717, 1.165) is 39.7 Å². The largest absolute Gasteiger partial charge is 0.508 e. The van der Waals surface area contributed by atoms with Gasteiger partial charge < -0.3 is 15.7 Å². The summed E-state index contributed by atoms with van der Waals surface area (Å²) >= 11 is 0. The molecule has 6 heteroatoms. The van der Waals surface area contributed by atoms with Gasteiger partial charge in [0.05, 0.1) is 11.4 Å². The lowest BCUT2D eigenvalue weighted by Crippen LogP contribution is -2.27. The maximum Gasteiger partial charge on any atom is 0.254 e. The van der Waals surface area contributed by atoms with Crippen molar-refractivity contribution >= 4 is 17.4 Å². The lowest BCUT2D eigenvalue weighted by molar-refractivity contribution is -0.113. The summed E-state index contributed by atoms with van der Waals surface area (Å²) in [6.07, 6.45) is 0. The Hall–Kier alpha value is -4.32. The number of para-hydroxylation sites is 2. The number of carbonyl (C=O) groups is 1. The van der Waals surface area contributed by atoms with Crippen molar-refractivity contribution in [3.05, 3.63) is 113 Å². The number of hydrogen-bond donors (Lipinski definition) is 3. The van der Waals surface area contributed by atoms with E-state index in [1.54, 1.807) is 12.1 Å². The normalized spacial score (nSPS) is 15.0. The Morgan fingerprint density at radius 1 is 0.939 bits per heavy atom. The van der Waals surface area contributed by atoms with Gasteiger partial charge in [-0.25, -0.2) is 4.68 Å². The van der Waals surface area contributed by atoms with Gasteiger partial charge in [0.1, 0.15) is 11.6 Å². The van der Waals surface area contributed by atoms with Crippen molar-refractivity contribution in [1.29, 1.82) is 0 Å². The van der Waals surface area contributed by atoms with Gasteiger partial charge in [-0.05, 0) is 55.8 Å². The maximum absolute atomic E-state index is 13.5. The fraction of sp³-hybridized carbons (Fsp3) is 0.111. The van der Waals surface area contributed by atoms with Crippen molar-refractivity contribution in [2.45, 2.75) is 19.8 Å². The van der Waals surface area contributed by atoms with Crippen molar-refractivity contribution in [3.8, 4) is 11.4 Å². The summed E-state index contributed by atoms with van der Waals surface area (Å²) in [5.74, 6) is 0.496. The van der Waals surface area contributed by atoms with E-state index in [2.05, 4.69) is 10.6 Å². The summed E-state index contributed by atoms with van der Waals surface area (Å²) in [5, 5.41) is 21.1. The first-order valence-electron chi connectivity index (χ1n) is 10.8. The molecule has 0 spiro atoms. The van der Waals surface area contributed by atoms with Crippen LogP contribution in [0.15, 0.2) is 96.2 Å². The summed E-state index contributed by atoms with van der Waals surface area (Å²) in [5.41, 5.74) is 5.71. The van der Waals surface area contributed by atoms with E-state index in [1.165, 1.54) is 0 Å². The minimum absolute atomic E-state index is 0.179. The Morgan fingerprint density at radius 2 is 1.58 bits per heavy atom. The van der Waals surface area contributed by atoms with Crippen LogP contribution in [0.1, 0.15) is 29.7 Å². The van der Waals surface area contributed by atoms with Crippen molar-refractivity contribution in [1.82, 2.24) is 9.78 Å². The third kappa shape index (κ3) is 3.76. The summed E-state index contributed by atoms with van der Waals surface area (Å²) in [4.78, 5) is 13.5. The lowest BCUT2D eigenvalue weighted by Gasteiger charge is -2.29. The Balaban J connectivity index is 1.66. The molecule has 0 radical (unpaired) electrons. The molecule has 1 atom stereocenters. The zero-order valence-corrected chi connectivity index (χ0v) is 18.4. The molecule has 3 N–H and O–H groups in total. The molecule has 1 aliphatic rings. The summed E-state index contributed by atoms with van der Waals surface area (Å²) in [6, 6.07) is 26.3. The zero-order valence-electron chi connectivity index (χ0n) is 18.4. The highest BCUT2D eigenvalue weighted by Crippen LogP contribution is 2.44. The second-order valence-electron chi connectivity index (χ2n) is 8.10. The van der Waals surface area contributed by atoms with Gasteiger partial charge in [-0.3, -0.25) is 4.79 Å². The quantitative estimate of drug-likeness (QED) is 0.403. The van der Waals surface area contributed by atoms with Crippen molar-refractivity contribution in [2.75, 3.05) is 10.6 Å². The fourth-order valence-electron chi connectivity index (χ4n) is 4.39. The Bertz CT molecular complexity index is 1340. The molecule has 1 amide bonds. The first-order chi connectivity index (χ1) is 16.0. The number of benzene rings is 3. The predicted molar refractivity (Wildman–Crippen MR) is 130 cm³/mol. The summed E-state index contributed by atoms with van der Waals surface area (Å²) < 4.78 is 1.88. The average Bonchev–Trinajstić information content (AvgIpc) is 3.15. The molecule has 33 heavy (non-hydrogen) atoms. The topological polar surface area (TPSA) is 79.2 Å². The zero-order chi connectivity index (χ0) is 22.9. The van der Waals surface area contributed by atoms with Crippen molar-refractivity contribution in [3.63, 3.8) is 0 Å². The number of hydrogen-bond acceptors (Lipinski definition) is 4. The van der Waals surface area contributed by atoms with E-state index in [-0.39, 0.29) is 17.6 Å². The molecule has 6 nitrogen and oxygen atoms in total. The molecule has 0 saturated heterocycles. The molecule has 5 rings (SSSR count). The average molecular weight is 437 g/mol. The fourth-order valence-corrected chi connectivity index (χ4v) is 4.39. The molecule has 0 saturated carbocycles. The summed E-state index contributed by atoms with van der Waals surface area (Å²) in [6.45, 7) is 3.87. The molecule has 2 heterocycles. The standard InChI is InChI=1S/C27H24N4O2/c1-17-24(27(33)29-20-9-5-3-6-10-20)25(19-13-15-22(32)16-14-19)23-18(2)30-31(26(23)28-17)21-11-7-4-8-12-21/h3-16,25,28,32H,1-2H3,(H,29,33)/t25-/m0/s1. The van der Waals surface area contributed by atoms with E-state index in [1.807, 2.05) is 91.3 Å². The van der Waals surface area contributed by atoms with Crippen LogP contribution >= 0.6 is 0 Å². The highest BCUT2D eigenvalue weighted by atomic mass is 16.3. The van der Waals surface area contributed by atoms with Gasteiger partial charge >= 0.3 is 0 Å². The highest BCUT2D eigenvalue weighted by Gasteiger charge is 2.36. The third-order valence-corrected chi connectivity index (χ3v) is 5.90. The van der Waals surface area contributed by atoms with Crippen LogP contribution in [-0.4, -0.2) is 20.8 Å². The molecule has 0 fully saturated rings. The van der Waals surface area contributed by atoms with Gasteiger partial charge in [-0.2, -0.15) is 5.10 Å². The monoisotopic (exact) mass is 436 g/mol. The van der Waals surface area contributed by atoms with E-state index >= 15 is 0 Å². The molecule has 1 aliphatic heterocycles. The number of nitrogens with zero attached hydrogens (tertiary/aromatic N) is 2. The van der Waals surface area contributed by atoms with Gasteiger partial charge in [0, 0.05) is 28.4 Å². The number of aromatic nitrogens is 2. The summed E-state index contributed by atoms with van der Waals surface area (Å²) in [7, 11) is 0. The molecular weight excluding hydrogens is 412 g/mol. The number of allylic oxidation sites excluding steroid dienone is 1. The van der Waals surface area contributed by atoms with Gasteiger partial charge in [0.25, 0.3) is 5.91 Å². The molecule has 3 aromatic carbocycles. The Labute approximate surface area is 192 Å². The van der Waals surface area contributed by atoms with Crippen LogP contribution < -0.4 is 10.6 Å². The third-order valence-electron chi connectivity index (χ3n) is 5.90. The van der Waals surface area contributed by atoms with Crippen LogP contribution in [0.4, 0.5) is 11.5 Å². The van der Waals surface area contributed by atoms with Crippen LogP contribution in [0.3, 0.4) is 0 Å². The molecular formula is C27H24N4O2. The van der Waals surface area contributed by atoms with Crippen molar-refractivity contribution in [2.24, 2.45) is 0 Å². The maximum atomic E-state index is 13.5. The number of carbonyl (C=O) groups excluding carboxylic acids is 1.